The fourth-order valence-corrected chi connectivity index (χ4v) is 2.21. The molecule has 0 spiro atoms. The van der Waals surface area contributed by atoms with E-state index in [1.165, 1.54) is 6.42 Å². The first kappa shape index (κ1) is 14.9. The van der Waals surface area contributed by atoms with Crippen LogP contribution >= 0.6 is 0 Å². The molecule has 3 heteroatoms. The van der Waals surface area contributed by atoms with E-state index in [4.69, 9.17) is 14.6 Å². The molecule has 20 heavy (non-hydrogen) atoms. The second-order valence-electron chi connectivity index (χ2n) is 5.05. The summed E-state index contributed by atoms with van der Waals surface area (Å²) in [6.45, 7) is 3.60. The largest absolute Gasteiger partial charge is 0.491 e. The van der Waals surface area contributed by atoms with E-state index >= 15 is 0 Å². The highest BCUT2D eigenvalue weighted by atomic mass is 16.5. The molecule has 1 N–H and O–H groups in total. The van der Waals surface area contributed by atoms with Gasteiger partial charge in [0.1, 0.15) is 12.4 Å². The molecule has 1 unspecified atom stereocenters. The zero-order chi connectivity index (χ0) is 14.2. The summed E-state index contributed by atoms with van der Waals surface area (Å²) >= 11 is 0. The van der Waals surface area contributed by atoms with Crippen LogP contribution in [0.1, 0.15) is 36.8 Å². The van der Waals surface area contributed by atoms with Gasteiger partial charge in [0.25, 0.3) is 0 Å². The third-order valence-electron chi connectivity index (χ3n) is 3.37. The van der Waals surface area contributed by atoms with Crippen LogP contribution in [0.4, 0.5) is 0 Å². The third kappa shape index (κ3) is 4.56. The highest BCUT2D eigenvalue weighted by Gasteiger charge is 2.14. The van der Waals surface area contributed by atoms with E-state index in [1.807, 2.05) is 25.1 Å². The van der Waals surface area contributed by atoms with Gasteiger partial charge in [0, 0.05) is 18.6 Å². The van der Waals surface area contributed by atoms with Crippen molar-refractivity contribution in [2.45, 2.75) is 38.7 Å². The summed E-state index contributed by atoms with van der Waals surface area (Å²) in [6, 6.07) is 5.92. The Kier molecular flexibility index (Phi) is 5.91. The zero-order valence-corrected chi connectivity index (χ0v) is 12.0. The second-order valence-corrected chi connectivity index (χ2v) is 5.05. The van der Waals surface area contributed by atoms with Gasteiger partial charge < -0.3 is 14.6 Å². The minimum absolute atomic E-state index is 0.106. The van der Waals surface area contributed by atoms with Crippen LogP contribution in [0.5, 0.6) is 5.75 Å². The van der Waals surface area contributed by atoms with Crippen molar-refractivity contribution >= 4 is 0 Å². The van der Waals surface area contributed by atoms with Crippen LogP contribution in [0.3, 0.4) is 0 Å². The number of hydrogen-bond donors (Lipinski definition) is 1. The Balaban J connectivity index is 1.90. The van der Waals surface area contributed by atoms with Gasteiger partial charge in [-0.1, -0.05) is 11.8 Å². The van der Waals surface area contributed by atoms with Gasteiger partial charge in [-0.2, -0.15) is 0 Å². The maximum Gasteiger partial charge on any atom is 0.119 e. The van der Waals surface area contributed by atoms with E-state index in [0.29, 0.717) is 13.0 Å². The van der Waals surface area contributed by atoms with E-state index in [1.54, 1.807) is 0 Å². The molecule has 0 bridgehead atoms. The molecule has 1 atom stereocenters. The first-order valence-electron chi connectivity index (χ1n) is 7.24. The van der Waals surface area contributed by atoms with Crippen molar-refractivity contribution in [2.75, 3.05) is 19.8 Å². The minimum atomic E-state index is 0.106. The van der Waals surface area contributed by atoms with Crippen LogP contribution in [-0.4, -0.2) is 31.0 Å². The zero-order valence-electron chi connectivity index (χ0n) is 12.0. The smallest absolute Gasteiger partial charge is 0.119 e. The Morgan fingerprint density at radius 2 is 2.30 bits per heavy atom. The van der Waals surface area contributed by atoms with E-state index in [9.17, 15) is 0 Å². The summed E-state index contributed by atoms with van der Waals surface area (Å²) in [5.74, 6) is 6.86. The van der Waals surface area contributed by atoms with Gasteiger partial charge in [0.05, 0.1) is 12.7 Å². The summed E-state index contributed by atoms with van der Waals surface area (Å²) in [7, 11) is 0. The minimum Gasteiger partial charge on any atom is -0.491 e. The summed E-state index contributed by atoms with van der Waals surface area (Å²) < 4.78 is 11.4. The quantitative estimate of drug-likeness (QED) is 0.858. The number of rotatable bonds is 4. The second kappa shape index (κ2) is 7.94. The van der Waals surface area contributed by atoms with Gasteiger partial charge in [-0.25, -0.2) is 0 Å². The average Bonchev–Trinajstić information content (AvgIpc) is 2.48. The molecule has 0 amide bonds. The highest BCUT2D eigenvalue weighted by Crippen LogP contribution is 2.19. The van der Waals surface area contributed by atoms with E-state index < -0.39 is 0 Å². The van der Waals surface area contributed by atoms with E-state index in [-0.39, 0.29) is 12.7 Å². The van der Waals surface area contributed by atoms with Crippen molar-refractivity contribution in [3.8, 4) is 17.6 Å². The highest BCUT2D eigenvalue weighted by molar-refractivity contribution is 5.44. The molecule has 2 rings (SSSR count). The molecule has 1 aliphatic rings. The van der Waals surface area contributed by atoms with Crippen LogP contribution in [0.2, 0.25) is 0 Å². The molecule has 108 valence electrons. The van der Waals surface area contributed by atoms with E-state index in [2.05, 4.69) is 11.8 Å². The van der Waals surface area contributed by atoms with Crippen molar-refractivity contribution in [3.05, 3.63) is 29.3 Å². The SMILES string of the molecule is Cc1cc(OCC2CCCCO2)ccc1C#CCCO. The Morgan fingerprint density at radius 3 is 3.00 bits per heavy atom. The van der Waals surface area contributed by atoms with Crippen LogP contribution in [-0.2, 0) is 4.74 Å². The number of aliphatic hydroxyl groups is 1. The Bertz CT molecular complexity index is 479. The fraction of sp³-hybridized carbons (Fsp3) is 0.529. The average molecular weight is 274 g/mol. The maximum absolute atomic E-state index is 8.72. The molecule has 0 radical (unpaired) electrons. The van der Waals surface area contributed by atoms with Crippen LogP contribution in [0.25, 0.3) is 0 Å². The topological polar surface area (TPSA) is 38.7 Å². The molecule has 1 saturated heterocycles. The van der Waals surface area contributed by atoms with Crippen LogP contribution in [0.15, 0.2) is 18.2 Å². The first-order valence-corrected chi connectivity index (χ1v) is 7.24. The third-order valence-corrected chi connectivity index (χ3v) is 3.37. The van der Waals surface area contributed by atoms with Crippen molar-refractivity contribution < 1.29 is 14.6 Å². The summed E-state index contributed by atoms with van der Waals surface area (Å²) in [5.41, 5.74) is 2.08. The molecule has 1 fully saturated rings. The lowest BCUT2D eigenvalue weighted by Gasteiger charge is -2.22. The predicted molar refractivity (Wildman–Crippen MR) is 78.8 cm³/mol. The molecular formula is C17H22O3. The molecule has 3 nitrogen and oxygen atoms in total. The maximum atomic E-state index is 8.72. The number of benzene rings is 1. The molecule has 1 aromatic carbocycles. The fourth-order valence-electron chi connectivity index (χ4n) is 2.21. The lowest BCUT2D eigenvalue weighted by Crippen LogP contribution is -2.25. The Morgan fingerprint density at radius 1 is 1.40 bits per heavy atom. The lowest BCUT2D eigenvalue weighted by atomic mass is 10.1. The molecular weight excluding hydrogens is 252 g/mol. The Labute approximate surface area is 120 Å². The van der Waals surface area contributed by atoms with Crippen molar-refractivity contribution in [2.24, 2.45) is 0 Å². The molecule has 0 saturated carbocycles. The van der Waals surface area contributed by atoms with E-state index in [0.717, 1.165) is 36.3 Å². The van der Waals surface area contributed by atoms with Crippen molar-refractivity contribution in [3.63, 3.8) is 0 Å². The van der Waals surface area contributed by atoms with Gasteiger partial charge in [-0.05, 0) is 49.9 Å². The van der Waals surface area contributed by atoms with Gasteiger partial charge in [-0.3, -0.25) is 0 Å². The molecule has 0 aromatic heterocycles. The summed E-state index contributed by atoms with van der Waals surface area (Å²) in [6.07, 6.45) is 4.22. The molecule has 1 heterocycles. The first-order chi connectivity index (χ1) is 9.79. The standard InChI is InChI=1S/C17H22O3/c1-14-12-16(9-8-15(14)6-2-4-10-18)20-13-17-7-3-5-11-19-17/h8-9,12,17-18H,3-5,7,10-11,13H2,1H3. The van der Waals surface area contributed by atoms with Crippen LogP contribution < -0.4 is 4.74 Å². The normalized spacial score (nSPS) is 18.2. The number of hydrogen-bond acceptors (Lipinski definition) is 3. The Hall–Kier alpha value is -1.50. The van der Waals surface area contributed by atoms with Gasteiger partial charge >= 0.3 is 0 Å². The lowest BCUT2D eigenvalue weighted by molar-refractivity contribution is -0.0110. The monoisotopic (exact) mass is 274 g/mol. The number of aliphatic hydroxyl groups excluding tert-OH is 1. The number of aryl methyl sites for hydroxylation is 1. The predicted octanol–water partition coefficient (Wildman–Crippen LogP) is 2.68. The summed E-state index contributed by atoms with van der Waals surface area (Å²) in [5, 5.41) is 8.72. The molecule has 0 aliphatic carbocycles. The van der Waals surface area contributed by atoms with Gasteiger partial charge in [0.15, 0.2) is 0 Å². The molecule has 1 aromatic rings. The van der Waals surface area contributed by atoms with Crippen LogP contribution in [0, 0.1) is 18.8 Å². The summed E-state index contributed by atoms with van der Waals surface area (Å²) in [4.78, 5) is 0. The molecule has 1 aliphatic heterocycles. The number of ether oxygens (including phenoxy) is 2. The van der Waals surface area contributed by atoms with Gasteiger partial charge in [-0.15, -0.1) is 0 Å². The van der Waals surface area contributed by atoms with Crippen molar-refractivity contribution in [1.29, 1.82) is 0 Å². The van der Waals surface area contributed by atoms with Gasteiger partial charge in [0.2, 0.25) is 0 Å². The van der Waals surface area contributed by atoms with Crippen molar-refractivity contribution in [1.82, 2.24) is 0 Å².